The average molecular weight is 390 g/mol. The summed E-state index contributed by atoms with van der Waals surface area (Å²) in [6, 6.07) is 7.87. The van der Waals surface area contributed by atoms with Gasteiger partial charge in [0.05, 0.1) is 35.7 Å². The maximum absolute atomic E-state index is 14.1. The van der Waals surface area contributed by atoms with Crippen LogP contribution in [0.25, 0.3) is 11.4 Å². The highest BCUT2D eigenvalue weighted by Crippen LogP contribution is 2.25. The molecule has 0 unspecified atom stereocenters. The van der Waals surface area contributed by atoms with Gasteiger partial charge in [-0.3, -0.25) is 15.4 Å². The fraction of sp³-hybridized carbons (Fsp3) is 0.273. The van der Waals surface area contributed by atoms with Crippen LogP contribution in [0.4, 0.5) is 15.9 Å². The second kappa shape index (κ2) is 8.34. The van der Waals surface area contributed by atoms with Crippen molar-refractivity contribution in [1.29, 1.82) is 5.41 Å². The number of hydrogen-bond acceptors (Lipinski definition) is 6. The van der Waals surface area contributed by atoms with Crippen LogP contribution < -0.4 is 10.6 Å². The number of anilines is 2. The van der Waals surface area contributed by atoms with Gasteiger partial charge in [-0.15, -0.1) is 0 Å². The molecule has 1 saturated heterocycles. The highest BCUT2D eigenvalue weighted by Gasteiger charge is 2.16. The molecule has 7 heteroatoms. The molecule has 0 aliphatic carbocycles. The van der Waals surface area contributed by atoms with Gasteiger partial charge in [-0.05, 0) is 31.0 Å². The zero-order valence-electron chi connectivity index (χ0n) is 16.1. The fourth-order valence-electron chi connectivity index (χ4n) is 3.56. The van der Waals surface area contributed by atoms with Crippen molar-refractivity contribution in [1.82, 2.24) is 15.0 Å². The van der Waals surface area contributed by atoms with E-state index in [1.807, 2.05) is 0 Å². The van der Waals surface area contributed by atoms with Crippen LogP contribution in [0.2, 0.25) is 0 Å². The first kappa shape index (κ1) is 19.0. The van der Waals surface area contributed by atoms with Crippen LogP contribution in [0.3, 0.4) is 0 Å². The monoisotopic (exact) mass is 390 g/mol. The van der Waals surface area contributed by atoms with Crippen molar-refractivity contribution in [3.8, 4) is 11.4 Å². The molecule has 1 fully saturated rings. The molecule has 0 atom stereocenters. The molecule has 0 amide bonds. The Morgan fingerprint density at radius 3 is 2.48 bits per heavy atom. The molecule has 29 heavy (non-hydrogen) atoms. The second-order valence-electron chi connectivity index (χ2n) is 7.18. The summed E-state index contributed by atoms with van der Waals surface area (Å²) in [5.74, 6) is 0.368. The van der Waals surface area contributed by atoms with Gasteiger partial charge in [0.2, 0.25) is 0 Å². The van der Waals surface area contributed by atoms with Crippen molar-refractivity contribution >= 4 is 17.2 Å². The van der Waals surface area contributed by atoms with Crippen LogP contribution in [0.1, 0.15) is 36.8 Å². The van der Waals surface area contributed by atoms with Crippen LogP contribution in [-0.4, -0.2) is 33.8 Å². The molecule has 0 saturated carbocycles. The minimum atomic E-state index is -0.460. The molecule has 3 aromatic rings. The van der Waals surface area contributed by atoms with Gasteiger partial charge in [-0.2, -0.15) is 0 Å². The van der Waals surface area contributed by atoms with E-state index < -0.39 is 5.82 Å². The third kappa shape index (κ3) is 4.08. The van der Waals surface area contributed by atoms with Gasteiger partial charge in [0.1, 0.15) is 17.3 Å². The predicted molar refractivity (Wildman–Crippen MR) is 113 cm³/mol. The lowest BCUT2D eigenvalue weighted by atomic mass is 10.0. The smallest absolute Gasteiger partial charge is 0.147 e. The van der Waals surface area contributed by atoms with Gasteiger partial charge in [0, 0.05) is 24.2 Å². The number of nitrogens with two attached hydrogens (primary N) is 1. The lowest BCUT2D eigenvalue weighted by molar-refractivity contribution is 0.625. The Morgan fingerprint density at radius 2 is 1.72 bits per heavy atom. The van der Waals surface area contributed by atoms with E-state index in [1.165, 1.54) is 25.1 Å². The van der Waals surface area contributed by atoms with E-state index in [4.69, 9.17) is 16.1 Å². The molecule has 0 bridgehead atoms. The number of nitrogens with one attached hydrogen (secondary N) is 1. The fourth-order valence-corrected chi connectivity index (χ4v) is 3.56. The molecule has 148 valence electrons. The van der Waals surface area contributed by atoms with Crippen molar-refractivity contribution in [2.75, 3.05) is 23.7 Å². The number of benzene rings is 1. The van der Waals surface area contributed by atoms with Gasteiger partial charge < -0.3 is 10.6 Å². The highest BCUT2D eigenvalue weighted by atomic mass is 19.1. The molecular formula is C22H23FN6. The first-order valence-electron chi connectivity index (χ1n) is 9.80. The summed E-state index contributed by atoms with van der Waals surface area (Å²) in [6.45, 7) is 1.94. The average Bonchev–Trinajstić information content (AvgIpc) is 3.04. The molecule has 1 aromatic carbocycles. The lowest BCUT2D eigenvalue weighted by Gasteiger charge is -2.21. The van der Waals surface area contributed by atoms with E-state index in [0.29, 0.717) is 22.6 Å². The van der Waals surface area contributed by atoms with E-state index in [2.05, 4.69) is 14.9 Å². The van der Waals surface area contributed by atoms with Crippen molar-refractivity contribution in [2.24, 2.45) is 0 Å². The molecular weight excluding hydrogens is 367 g/mol. The number of aromatic nitrogens is 3. The van der Waals surface area contributed by atoms with Crippen LogP contribution in [0, 0.1) is 11.2 Å². The number of hydrogen-bond donors (Lipinski definition) is 2. The Labute approximate surface area is 169 Å². The van der Waals surface area contributed by atoms with Crippen LogP contribution >= 0.6 is 0 Å². The van der Waals surface area contributed by atoms with E-state index in [0.717, 1.165) is 31.7 Å². The van der Waals surface area contributed by atoms with E-state index in [1.54, 1.807) is 36.7 Å². The Balaban J connectivity index is 1.68. The number of pyridine rings is 1. The maximum atomic E-state index is 14.1. The molecule has 1 aliphatic rings. The summed E-state index contributed by atoms with van der Waals surface area (Å²) < 4.78 is 14.1. The quantitative estimate of drug-likeness (QED) is 0.656. The van der Waals surface area contributed by atoms with Crippen molar-refractivity contribution in [2.45, 2.75) is 25.7 Å². The predicted octanol–water partition coefficient (Wildman–Crippen LogP) is 4.06. The Hall–Kier alpha value is -3.35. The molecule has 0 radical (unpaired) electrons. The third-order valence-corrected chi connectivity index (χ3v) is 5.16. The molecule has 3 heterocycles. The van der Waals surface area contributed by atoms with E-state index in [-0.39, 0.29) is 11.3 Å². The van der Waals surface area contributed by atoms with Gasteiger partial charge in [0.15, 0.2) is 0 Å². The maximum Gasteiger partial charge on any atom is 0.147 e. The normalized spacial score (nSPS) is 14.4. The van der Waals surface area contributed by atoms with E-state index >= 15 is 0 Å². The summed E-state index contributed by atoms with van der Waals surface area (Å²) >= 11 is 0. The molecule has 6 nitrogen and oxygen atoms in total. The standard InChI is InChI=1S/C22H23FN6/c23-17-8-4-3-7-15(17)22(25)16-11-19(27-12-18(16)24)20-13-26-14-21(28-20)29-9-5-1-2-6-10-29/h3-4,7-8,11-14,25H,1-2,5-6,9-10,24H2. The summed E-state index contributed by atoms with van der Waals surface area (Å²) in [7, 11) is 0. The molecule has 4 rings (SSSR count). The Bertz CT molecular complexity index is 1030. The minimum Gasteiger partial charge on any atom is -0.397 e. The van der Waals surface area contributed by atoms with Crippen LogP contribution in [0.15, 0.2) is 48.9 Å². The molecule has 0 spiro atoms. The lowest BCUT2D eigenvalue weighted by Crippen LogP contribution is -2.25. The number of nitrogen functional groups attached to an aromatic ring is 1. The summed E-state index contributed by atoms with van der Waals surface area (Å²) in [4.78, 5) is 15.7. The van der Waals surface area contributed by atoms with Crippen molar-refractivity contribution in [3.05, 3.63) is 65.9 Å². The minimum absolute atomic E-state index is 0.0147. The van der Waals surface area contributed by atoms with Crippen LogP contribution in [0.5, 0.6) is 0 Å². The molecule has 2 aromatic heterocycles. The summed E-state index contributed by atoms with van der Waals surface area (Å²) in [5.41, 5.74) is 8.16. The zero-order valence-corrected chi connectivity index (χ0v) is 16.1. The topological polar surface area (TPSA) is 91.8 Å². The largest absolute Gasteiger partial charge is 0.397 e. The van der Waals surface area contributed by atoms with Crippen molar-refractivity contribution in [3.63, 3.8) is 0 Å². The SMILES string of the molecule is N=C(c1cc(-c2cncc(N3CCCCCC3)n2)ncc1N)c1ccccc1F. The van der Waals surface area contributed by atoms with Crippen LogP contribution in [-0.2, 0) is 0 Å². The van der Waals surface area contributed by atoms with E-state index in [9.17, 15) is 4.39 Å². The second-order valence-corrected chi connectivity index (χ2v) is 7.18. The Kier molecular flexibility index (Phi) is 5.46. The highest BCUT2D eigenvalue weighted by molar-refractivity contribution is 6.14. The zero-order chi connectivity index (χ0) is 20.2. The number of rotatable bonds is 4. The van der Waals surface area contributed by atoms with Gasteiger partial charge in [0.25, 0.3) is 0 Å². The van der Waals surface area contributed by atoms with Gasteiger partial charge in [-0.25, -0.2) is 9.37 Å². The van der Waals surface area contributed by atoms with Gasteiger partial charge >= 0.3 is 0 Å². The summed E-state index contributed by atoms with van der Waals surface area (Å²) in [6.07, 6.45) is 9.69. The third-order valence-electron chi connectivity index (χ3n) is 5.16. The molecule has 3 N–H and O–H groups in total. The number of nitrogens with zero attached hydrogens (tertiary/aromatic N) is 4. The molecule has 1 aliphatic heterocycles. The Morgan fingerprint density at radius 1 is 0.966 bits per heavy atom. The number of halogens is 1. The van der Waals surface area contributed by atoms with Crippen molar-refractivity contribution < 1.29 is 4.39 Å². The first-order chi connectivity index (χ1) is 14.1. The summed E-state index contributed by atoms with van der Waals surface area (Å²) in [5, 5.41) is 8.45. The first-order valence-corrected chi connectivity index (χ1v) is 9.80. The van der Waals surface area contributed by atoms with Gasteiger partial charge in [-0.1, -0.05) is 25.0 Å².